The summed E-state index contributed by atoms with van der Waals surface area (Å²) in [7, 11) is 0. The number of halogens is 2. The first kappa shape index (κ1) is 46.0. The summed E-state index contributed by atoms with van der Waals surface area (Å²) in [6.45, 7) is 13.7. The molecule has 2 saturated heterocycles. The van der Waals surface area contributed by atoms with Gasteiger partial charge in [-0.05, 0) is 85.8 Å². The van der Waals surface area contributed by atoms with Crippen molar-refractivity contribution in [1.82, 2.24) is 19.8 Å². The number of hydrogen-bond donors (Lipinski definition) is 4. The second-order valence-corrected chi connectivity index (χ2v) is 14.5. The average molecular weight is 784 g/mol. The zero-order valence-corrected chi connectivity index (χ0v) is 32.2. The molecule has 0 aromatic carbocycles. The zero-order valence-electron chi connectivity index (χ0n) is 30.7. The van der Waals surface area contributed by atoms with Crippen LogP contribution >= 0.6 is 23.2 Å². The van der Waals surface area contributed by atoms with E-state index in [1.807, 2.05) is 41.5 Å². The monoisotopic (exact) mass is 782 g/mol. The van der Waals surface area contributed by atoms with Gasteiger partial charge in [0.2, 0.25) is 5.91 Å². The summed E-state index contributed by atoms with van der Waals surface area (Å²) >= 11 is 11.2. The average Bonchev–Trinajstić information content (AvgIpc) is 3.06. The molecule has 19 heteroatoms. The van der Waals surface area contributed by atoms with E-state index in [1.165, 1.54) is 30.9 Å². The number of amides is 5. The first-order valence-corrected chi connectivity index (χ1v) is 17.3. The van der Waals surface area contributed by atoms with Crippen LogP contribution in [0.15, 0.2) is 24.5 Å². The molecule has 7 N–H and O–H groups in total. The van der Waals surface area contributed by atoms with Crippen molar-refractivity contribution in [3.63, 3.8) is 0 Å². The normalized spacial score (nSPS) is 14.3. The molecule has 5 amide bonds. The summed E-state index contributed by atoms with van der Waals surface area (Å²) in [5.74, 6) is -1.85. The molecule has 0 unspecified atom stereocenters. The molecule has 2 aliphatic rings. The van der Waals surface area contributed by atoms with Gasteiger partial charge in [-0.15, -0.1) is 0 Å². The fraction of sp³-hybridized carbons (Fsp3) is 0.529. The van der Waals surface area contributed by atoms with Crippen molar-refractivity contribution in [2.75, 3.05) is 37.2 Å². The van der Waals surface area contributed by atoms with Crippen LogP contribution in [0.4, 0.5) is 21.0 Å². The molecule has 4 rings (SSSR count). The smallest absolute Gasteiger partial charge is 0.410 e. The van der Waals surface area contributed by atoms with Crippen molar-refractivity contribution in [2.45, 2.75) is 84.8 Å². The minimum absolute atomic E-state index is 0.101. The van der Waals surface area contributed by atoms with E-state index in [4.69, 9.17) is 59.5 Å². The maximum atomic E-state index is 12.5. The predicted molar refractivity (Wildman–Crippen MR) is 196 cm³/mol. The largest absolute Gasteiger partial charge is 0.444 e. The lowest BCUT2D eigenvalue weighted by molar-refractivity contribution is -0.191. The summed E-state index contributed by atoms with van der Waals surface area (Å²) in [5.41, 5.74) is 15.5. The molecule has 0 spiro atoms. The molecule has 2 fully saturated rings. The predicted octanol–water partition coefficient (Wildman–Crippen LogP) is 4.66. The lowest BCUT2D eigenvalue weighted by Gasteiger charge is -2.33. The molecule has 2 aromatic heterocycles. The molecule has 292 valence electrons. The lowest BCUT2D eigenvalue weighted by Crippen LogP contribution is -2.43. The Morgan fingerprint density at radius 2 is 1.17 bits per heavy atom. The van der Waals surface area contributed by atoms with Crippen molar-refractivity contribution < 1.29 is 43.0 Å². The standard InChI is InChI=1S/C17H23ClN4O4.C10H19NO2.C6H6ClN3O.CO2/c1-17(2,3)26-16(25)22-6-4-10(5-7-22)15(24)21-12-9-20-13(18)8-11(12)14(19)23;1-10(2,3)13-9(12)11-7-5-4-6-8-11;7-5-1-3(6(9)11)4(8)2-10-5;2-1-3/h8-10H,4-7H2,1-3H3,(H2,19,23)(H,21,24);4-8H2,1-3H3;1-2H,8H2,(H2,9,11);. The second-order valence-electron chi connectivity index (χ2n) is 13.7. The number of nitrogens with one attached hydrogen (secondary N) is 1. The van der Waals surface area contributed by atoms with Gasteiger partial charge in [0.05, 0.1) is 34.9 Å². The Balaban J connectivity index is 0.000000431. The van der Waals surface area contributed by atoms with Crippen LogP contribution in [-0.4, -0.2) is 93.2 Å². The first-order chi connectivity index (χ1) is 24.6. The Hall–Kier alpha value is -4.99. The van der Waals surface area contributed by atoms with E-state index in [-0.39, 0.29) is 68.6 Å². The number of nitrogens with zero attached hydrogens (tertiary/aromatic N) is 4. The van der Waals surface area contributed by atoms with Crippen LogP contribution in [0.2, 0.25) is 10.3 Å². The molecule has 0 aliphatic carbocycles. The number of pyridine rings is 2. The first-order valence-electron chi connectivity index (χ1n) is 16.5. The Kier molecular flexibility index (Phi) is 18.7. The van der Waals surface area contributed by atoms with Gasteiger partial charge < -0.3 is 41.8 Å². The molecule has 17 nitrogen and oxygen atoms in total. The van der Waals surface area contributed by atoms with Gasteiger partial charge in [-0.1, -0.05) is 23.2 Å². The number of carbonyl (C=O) groups excluding carboxylic acids is 7. The maximum Gasteiger partial charge on any atom is 0.410 e. The van der Waals surface area contributed by atoms with Crippen LogP contribution in [-0.2, 0) is 23.9 Å². The molecule has 53 heavy (non-hydrogen) atoms. The molecule has 0 atom stereocenters. The van der Waals surface area contributed by atoms with Crippen LogP contribution in [0.3, 0.4) is 0 Å². The van der Waals surface area contributed by atoms with E-state index < -0.39 is 17.4 Å². The van der Waals surface area contributed by atoms with Crippen molar-refractivity contribution in [3.8, 4) is 0 Å². The molecular weight excluding hydrogens is 735 g/mol. The Morgan fingerprint density at radius 1 is 0.755 bits per heavy atom. The van der Waals surface area contributed by atoms with Gasteiger partial charge in [-0.25, -0.2) is 19.6 Å². The lowest BCUT2D eigenvalue weighted by atomic mass is 9.96. The SMILES string of the molecule is CC(C)(C)OC(=O)N1CCC(C(=O)Nc2cnc(Cl)cc2C(N)=O)CC1.CC(C)(C)OC(=O)N1CCCCC1.NC(=O)c1cc(Cl)ncc1N.O=C=O. The molecule has 2 aromatic rings. The molecular formula is C34H48Cl2N8O9. The number of nitrogens with two attached hydrogens (primary N) is 3. The Morgan fingerprint density at radius 3 is 1.58 bits per heavy atom. The van der Waals surface area contributed by atoms with Gasteiger partial charge in [-0.2, -0.15) is 9.59 Å². The number of primary amides is 2. The highest BCUT2D eigenvalue weighted by atomic mass is 35.5. The Labute approximate surface area is 318 Å². The van der Waals surface area contributed by atoms with E-state index in [0.717, 1.165) is 25.9 Å². The third-order valence-electron chi connectivity index (χ3n) is 7.09. The molecule has 0 radical (unpaired) electrons. The van der Waals surface area contributed by atoms with E-state index in [2.05, 4.69) is 15.3 Å². The summed E-state index contributed by atoms with van der Waals surface area (Å²) in [4.78, 5) is 85.3. The second kappa shape index (κ2) is 21.5. The minimum atomic E-state index is -0.704. The van der Waals surface area contributed by atoms with Gasteiger partial charge in [-0.3, -0.25) is 14.4 Å². The highest BCUT2D eigenvalue weighted by Gasteiger charge is 2.30. The number of ether oxygens (including phenoxy) is 2. The third kappa shape index (κ3) is 17.9. The van der Waals surface area contributed by atoms with Gasteiger partial charge in [0.1, 0.15) is 21.5 Å². The number of likely N-dealkylation sites (tertiary alicyclic amines) is 2. The van der Waals surface area contributed by atoms with Crippen LogP contribution in [0.1, 0.15) is 94.4 Å². The number of anilines is 2. The van der Waals surface area contributed by atoms with E-state index >= 15 is 0 Å². The summed E-state index contributed by atoms with van der Waals surface area (Å²) in [5, 5.41) is 2.99. The number of rotatable bonds is 4. The number of hydrogen-bond acceptors (Lipinski definition) is 12. The number of piperidine rings is 2. The van der Waals surface area contributed by atoms with Gasteiger partial charge in [0, 0.05) is 32.1 Å². The molecule has 0 bridgehead atoms. The van der Waals surface area contributed by atoms with Crippen molar-refractivity contribution in [2.24, 2.45) is 17.4 Å². The number of nitrogen functional groups attached to an aromatic ring is 1. The maximum absolute atomic E-state index is 12.5. The highest BCUT2D eigenvalue weighted by molar-refractivity contribution is 6.30. The van der Waals surface area contributed by atoms with Crippen LogP contribution in [0.25, 0.3) is 0 Å². The third-order valence-corrected chi connectivity index (χ3v) is 7.50. The molecule has 2 aliphatic heterocycles. The van der Waals surface area contributed by atoms with Gasteiger partial charge in [0.15, 0.2) is 0 Å². The van der Waals surface area contributed by atoms with Crippen molar-refractivity contribution >= 4 is 70.6 Å². The quantitative estimate of drug-likeness (QED) is 0.309. The topological polar surface area (TPSA) is 260 Å². The number of aromatic nitrogens is 2. The fourth-order valence-electron chi connectivity index (χ4n) is 4.68. The zero-order chi connectivity index (χ0) is 40.5. The highest BCUT2D eigenvalue weighted by Crippen LogP contribution is 2.24. The van der Waals surface area contributed by atoms with Gasteiger partial charge in [0.25, 0.3) is 11.8 Å². The van der Waals surface area contributed by atoms with Crippen LogP contribution < -0.4 is 22.5 Å². The Bertz CT molecular complexity index is 1610. The van der Waals surface area contributed by atoms with Crippen molar-refractivity contribution in [1.29, 1.82) is 0 Å². The minimum Gasteiger partial charge on any atom is -0.444 e. The number of carbonyl (C=O) groups is 5. The summed E-state index contributed by atoms with van der Waals surface area (Å²) in [6, 6.07) is 2.64. The summed E-state index contributed by atoms with van der Waals surface area (Å²) in [6.07, 6.45) is 6.76. The van der Waals surface area contributed by atoms with E-state index in [9.17, 15) is 24.0 Å². The van der Waals surface area contributed by atoms with Crippen LogP contribution in [0.5, 0.6) is 0 Å². The van der Waals surface area contributed by atoms with E-state index in [1.54, 1.807) is 9.80 Å². The summed E-state index contributed by atoms with van der Waals surface area (Å²) < 4.78 is 10.6. The van der Waals surface area contributed by atoms with Crippen molar-refractivity contribution in [3.05, 3.63) is 46.0 Å². The van der Waals surface area contributed by atoms with E-state index in [0.29, 0.717) is 25.9 Å². The fourth-order valence-corrected chi connectivity index (χ4v) is 4.99. The van der Waals surface area contributed by atoms with Crippen LogP contribution in [0, 0.1) is 5.92 Å². The molecule has 4 heterocycles. The van der Waals surface area contributed by atoms with Gasteiger partial charge >= 0.3 is 18.3 Å². The molecule has 0 saturated carbocycles.